The molecule has 1 N–H and O–H groups in total. The third-order valence-corrected chi connectivity index (χ3v) is 6.13. The molecule has 7 heteroatoms. The van der Waals surface area contributed by atoms with Gasteiger partial charge >= 0.3 is 0 Å². The van der Waals surface area contributed by atoms with Crippen molar-refractivity contribution in [3.8, 4) is 0 Å². The summed E-state index contributed by atoms with van der Waals surface area (Å²) in [7, 11) is -3.27. The minimum absolute atomic E-state index is 0.122. The Morgan fingerprint density at radius 1 is 1.38 bits per heavy atom. The lowest BCUT2D eigenvalue weighted by Gasteiger charge is -2.46. The molecule has 0 aromatic rings. The second kappa shape index (κ2) is 4.56. The van der Waals surface area contributed by atoms with Crippen LogP contribution in [-0.2, 0) is 19.4 Å². The minimum atomic E-state index is -3.27. The van der Waals surface area contributed by atoms with Crippen molar-refractivity contribution in [1.82, 2.24) is 10.2 Å². The van der Waals surface area contributed by atoms with Gasteiger partial charge in [0.05, 0.1) is 11.8 Å². The zero-order valence-corrected chi connectivity index (χ0v) is 13.0. The predicted octanol–water partition coefficient (Wildman–Crippen LogP) is 0.203. The maximum absolute atomic E-state index is 12.9. The van der Waals surface area contributed by atoms with Crippen LogP contribution in [0.4, 0.5) is 0 Å². The number of sulfone groups is 1. The van der Waals surface area contributed by atoms with E-state index in [0.717, 1.165) is 18.2 Å². The molecule has 2 fully saturated rings. The van der Waals surface area contributed by atoms with Gasteiger partial charge in [-0.15, -0.1) is 0 Å². The standard InChI is InChI=1S/C14H20N2O4S/c1-3-11-12(17)15-14(2,9-4-5-9)13(18)16(11)10-6-7-21(19,20)8-10/h6-7,9-11H,3-5,8H2,1-2H3,(H,15,17). The van der Waals surface area contributed by atoms with E-state index in [1.54, 1.807) is 6.92 Å². The van der Waals surface area contributed by atoms with Crippen molar-refractivity contribution in [3.63, 3.8) is 0 Å². The highest BCUT2D eigenvalue weighted by molar-refractivity contribution is 7.94. The number of amides is 2. The molecule has 0 bridgehead atoms. The quantitative estimate of drug-likeness (QED) is 0.807. The topological polar surface area (TPSA) is 83.6 Å². The summed E-state index contributed by atoms with van der Waals surface area (Å²) >= 11 is 0. The molecular formula is C14H20N2O4S. The molecule has 116 valence electrons. The fourth-order valence-electron chi connectivity index (χ4n) is 3.36. The lowest BCUT2D eigenvalue weighted by Crippen LogP contribution is -2.71. The SMILES string of the molecule is CCC1C(=O)NC(C)(C2CC2)C(=O)N1C1C=CS(=O)(=O)C1. The summed E-state index contributed by atoms with van der Waals surface area (Å²) in [6, 6.07) is -1.12. The molecule has 3 aliphatic rings. The largest absolute Gasteiger partial charge is 0.340 e. The number of piperazine rings is 1. The summed E-state index contributed by atoms with van der Waals surface area (Å²) in [6.45, 7) is 3.59. The maximum atomic E-state index is 12.9. The van der Waals surface area contributed by atoms with Crippen molar-refractivity contribution in [2.75, 3.05) is 5.75 Å². The van der Waals surface area contributed by atoms with Crippen molar-refractivity contribution in [1.29, 1.82) is 0 Å². The van der Waals surface area contributed by atoms with Crippen LogP contribution < -0.4 is 5.32 Å². The van der Waals surface area contributed by atoms with Gasteiger partial charge in [0.15, 0.2) is 9.84 Å². The summed E-state index contributed by atoms with van der Waals surface area (Å²) in [6.07, 6.45) is 3.85. The Kier molecular flexibility index (Phi) is 3.16. The van der Waals surface area contributed by atoms with E-state index in [2.05, 4.69) is 5.32 Å². The Bertz CT molecular complexity index is 623. The fraction of sp³-hybridized carbons (Fsp3) is 0.714. The zero-order valence-electron chi connectivity index (χ0n) is 12.2. The average molecular weight is 312 g/mol. The van der Waals surface area contributed by atoms with Gasteiger partial charge in [-0.2, -0.15) is 0 Å². The highest BCUT2D eigenvalue weighted by Crippen LogP contribution is 2.43. The predicted molar refractivity (Wildman–Crippen MR) is 76.9 cm³/mol. The Hall–Kier alpha value is -1.37. The summed E-state index contributed by atoms with van der Waals surface area (Å²) < 4.78 is 23.3. The number of carbonyl (C=O) groups is 2. The van der Waals surface area contributed by atoms with Crippen LogP contribution in [0.1, 0.15) is 33.1 Å². The van der Waals surface area contributed by atoms with Crippen molar-refractivity contribution in [2.45, 2.75) is 50.7 Å². The van der Waals surface area contributed by atoms with Gasteiger partial charge in [0.25, 0.3) is 0 Å². The highest BCUT2D eigenvalue weighted by Gasteiger charge is 2.56. The molecule has 1 saturated heterocycles. The van der Waals surface area contributed by atoms with E-state index in [1.165, 1.54) is 11.0 Å². The molecular weight excluding hydrogens is 292 g/mol. The van der Waals surface area contributed by atoms with Crippen LogP contribution in [-0.4, -0.2) is 48.5 Å². The van der Waals surface area contributed by atoms with Crippen LogP contribution in [0.5, 0.6) is 0 Å². The van der Waals surface area contributed by atoms with Gasteiger partial charge in [0, 0.05) is 5.41 Å². The fourth-order valence-corrected chi connectivity index (χ4v) is 4.64. The van der Waals surface area contributed by atoms with Gasteiger partial charge in [-0.05, 0) is 38.2 Å². The van der Waals surface area contributed by atoms with Crippen LogP contribution in [0, 0.1) is 5.92 Å². The lowest BCUT2D eigenvalue weighted by molar-refractivity contribution is -0.156. The first-order valence-electron chi connectivity index (χ1n) is 7.34. The first-order valence-corrected chi connectivity index (χ1v) is 9.06. The van der Waals surface area contributed by atoms with Gasteiger partial charge in [-0.25, -0.2) is 8.42 Å². The van der Waals surface area contributed by atoms with Crippen molar-refractivity contribution < 1.29 is 18.0 Å². The average Bonchev–Trinajstić information content (AvgIpc) is 3.19. The Morgan fingerprint density at radius 3 is 2.52 bits per heavy atom. The van der Waals surface area contributed by atoms with Crippen molar-refractivity contribution >= 4 is 21.7 Å². The third kappa shape index (κ3) is 2.27. The molecule has 3 rings (SSSR count). The number of carbonyl (C=O) groups excluding carboxylic acids is 2. The third-order valence-electron chi connectivity index (χ3n) is 4.75. The molecule has 0 radical (unpaired) electrons. The van der Waals surface area contributed by atoms with E-state index in [0.29, 0.717) is 6.42 Å². The number of nitrogens with one attached hydrogen (secondary N) is 1. The summed E-state index contributed by atoms with van der Waals surface area (Å²) in [5.74, 6) is -0.285. The van der Waals surface area contributed by atoms with Crippen LogP contribution in [0.3, 0.4) is 0 Å². The molecule has 21 heavy (non-hydrogen) atoms. The van der Waals surface area contributed by atoms with Crippen LogP contribution in [0.15, 0.2) is 11.5 Å². The summed E-state index contributed by atoms with van der Waals surface area (Å²) in [5.41, 5.74) is -0.886. The monoisotopic (exact) mass is 312 g/mol. The van der Waals surface area contributed by atoms with E-state index in [9.17, 15) is 18.0 Å². The van der Waals surface area contributed by atoms with E-state index < -0.39 is 27.5 Å². The van der Waals surface area contributed by atoms with Gasteiger partial charge < -0.3 is 10.2 Å². The lowest BCUT2D eigenvalue weighted by atomic mass is 9.88. The first-order chi connectivity index (χ1) is 9.78. The first kappa shape index (κ1) is 14.6. The van der Waals surface area contributed by atoms with Crippen molar-refractivity contribution in [2.24, 2.45) is 5.92 Å². The Balaban J connectivity index is 1.96. The number of hydrogen-bond donors (Lipinski definition) is 1. The second-order valence-electron chi connectivity index (χ2n) is 6.33. The molecule has 1 aliphatic carbocycles. The van der Waals surface area contributed by atoms with E-state index in [1.807, 2.05) is 6.92 Å². The van der Waals surface area contributed by atoms with Gasteiger partial charge in [-0.3, -0.25) is 9.59 Å². The molecule has 6 nitrogen and oxygen atoms in total. The number of rotatable bonds is 3. The van der Waals surface area contributed by atoms with Gasteiger partial charge in [-0.1, -0.05) is 6.92 Å². The number of hydrogen-bond acceptors (Lipinski definition) is 4. The summed E-state index contributed by atoms with van der Waals surface area (Å²) in [5, 5.41) is 4.03. The zero-order chi connectivity index (χ0) is 15.4. The van der Waals surface area contributed by atoms with E-state index in [-0.39, 0.29) is 23.5 Å². The van der Waals surface area contributed by atoms with Crippen LogP contribution in [0.2, 0.25) is 0 Å². The number of nitrogens with zero attached hydrogens (tertiary/aromatic N) is 1. The molecule has 0 spiro atoms. The second-order valence-corrected chi connectivity index (χ2v) is 8.26. The Labute approximate surface area is 124 Å². The van der Waals surface area contributed by atoms with Crippen LogP contribution in [0.25, 0.3) is 0 Å². The molecule has 1 saturated carbocycles. The molecule has 3 unspecified atom stereocenters. The molecule has 2 aliphatic heterocycles. The van der Waals surface area contributed by atoms with Gasteiger partial charge in [0.1, 0.15) is 11.6 Å². The molecule has 2 heterocycles. The molecule has 3 atom stereocenters. The minimum Gasteiger partial charge on any atom is -0.340 e. The maximum Gasteiger partial charge on any atom is 0.249 e. The Morgan fingerprint density at radius 2 is 2.05 bits per heavy atom. The smallest absolute Gasteiger partial charge is 0.249 e. The van der Waals surface area contributed by atoms with Gasteiger partial charge in [0.2, 0.25) is 11.8 Å². The molecule has 2 amide bonds. The van der Waals surface area contributed by atoms with E-state index in [4.69, 9.17) is 0 Å². The molecule has 0 aromatic carbocycles. The van der Waals surface area contributed by atoms with Crippen molar-refractivity contribution in [3.05, 3.63) is 11.5 Å². The van der Waals surface area contributed by atoms with E-state index >= 15 is 0 Å². The molecule has 0 aromatic heterocycles. The normalized spacial score (nSPS) is 38.7. The highest BCUT2D eigenvalue weighted by atomic mass is 32.2. The summed E-state index contributed by atoms with van der Waals surface area (Å²) in [4.78, 5) is 26.8. The van der Waals surface area contributed by atoms with Crippen LogP contribution >= 0.6 is 0 Å².